The first kappa shape index (κ1) is 27.3. The van der Waals surface area contributed by atoms with E-state index in [9.17, 15) is 18.0 Å². The molecule has 0 saturated heterocycles. The molecule has 0 heterocycles. The predicted octanol–water partition coefficient (Wildman–Crippen LogP) is 8.35. The van der Waals surface area contributed by atoms with Gasteiger partial charge in [-0.05, 0) is 60.9 Å². The van der Waals surface area contributed by atoms with Gasteiger partial charge in [0.05, 0.1) is 21.3 Å². The Balaban J connectivity index is 1.66. The van der Waals surface area contributed by atoms with Crippen LogP contribution in [0.15, 0.2) is 54.6 Å². The average molecular weight is 553 g/mol. The third-order valence-electron chi connectivity index (χ3n) is 6.35. The van der Waals surface area contributed by atoms with Gasteiger partial charge in [0.1, 0.15) is 5.56 Å². The zero-order valence-corrected chi connectivity index (χ0v) is 21.7. The highest BCUT2D eigenvalue weighted by Crippen LogP contribution is 2.40. The lowest BCUT2D eigenvalue weighted by molar-refractivity contribution is -0.137. The number of alkyl halides is 3. The van der Waals surface area contributed by atoms with Gasteiger partial charge in [-0.1, -0.05) is 65.7 Å². The SMILES string of the molecule is CCNc1c(Cl)cc(Cl)c(F)c1C(=O)N(CCc1cccc(C(F)(F)F)c1)Cc1ccc(C2CC2)cc1. The molecule has 0 aliphatic heterocycles. The van der Waals surface area contributed by atoms with Crippen molar-refractivity contribution in [1.29, 1.82) is 0 Å². The molecule has 1 aliphatic rings. The number of rotatable bonds is 9. The smallest absolute Gasteiger partial charge is 0.383 e. The Kier molecular flexibility index (Phi) is 8.34. The van der Waals surface area contributed by atoms with Gasteiger partial charge in [-0.25, -0.2) is 4.39 Å². The van der Waals surface area contributed by atoms with Crippen molar-refractivity contribution in [3.05, 3.63) is 98.3 Å². The molecule has 196 valence electrons. The van der Waals surface area contributed by atoms with Gasteiger partial charge >= 0.3 is 6.18 Å². The van der Waals surface area contributed by atoms with Gasteiger partial charge in [0.15, 0.2) is 5.82 Å². The topological polar surface area (TPSA) is 32.3 Å². The Morgan fingerprint density at radius 3 is 2.35 bits per heavy atom. The molecule has 0 unspecified atom stereocenters. The molecule has 0 spiro atoms. The Morgan fingerprint density at radius 2 is 1.73 bits per heavy atom. The number of anilines is 1. The van der Waals surface area contributed by atoms with Crippen molar-refractivity contribution in [3.63, 3.8) is 0 Å². The van der Waals surface area contributed by atoms with Crippen LogP contribution in [0.25, 0.3) is 0 Å². The molecule has 9 heteroatoms. The van der Waals surface area contributed by atoms with E-state index < -0.39 is 23.5 Å². The maximum Gasteiger partial charge on any atom is 0.416 e. The zero-order chi connectivity index (χ0) is 26.7. The third-order valence-corrected chi connectivity index (χ3v) is 6.93. The van der Waals surface area contributed by atoms with Crippen LogP contribution in [0.3, 0.4) is 0 Å². The summed E-state index contributed by atoms with van der Waals surface area (Å²) in [4.78, 5) is 15.2. The summed E-state index contributed by atoms with van der Waals surface area (Å²) < 4.78 is 54.8. The van der Waals surface area contributed by atoms with E-state index in [1.807, 2.05) is 24.3 Å². The van der Waals surface area contributed by atoms with E-state index in [-0.39, 0.29) is 40.8 Å². The highest BCUT2D eigenvalue weighted by atomic mass is 35.5. The molecule has 4 rings (SSSR count). The predicted molar refractivity (Wildman–Crippen MR) is 139 cm³/mol. The standard InChI is InChI=1S/C28H26Cl2F4N2O/c1-2-35-26-23(30)15-22(29)25(31)24(26)27(37)36(16-18-6-8-19(9-7-18)20-10-11-20)13-12-17-4-3-5-21(14-17)28(32,33)34/h3-9,14-15,20,35H,2,10-13,16H2,1H3. The number of nitrogens with one attached hydrogen (secondary N) is 1. The third kappa shape index (κ3) is 6.57. The molecule has 3 aromatic rings. The summed E-state index contributed by atoms with van der Waals surface area (Å²) in [5.41, 5.74) is 1.53. The summed E-state index contributed by atoms with van der Waals surface area (Å²) in [5, 5.41) is 2.74. The van der Waals surface area contributed by atoms with Crippen LogP contribution in [0.2, 0.25) is 10.0 Å². The van der Waals surface area contributed by atoms with Gasteiger partial charge in [-0.2, -0.15) is 13.2 Å². The van der Waals surface area contributed by atoms with Gasteiger partial charge in [-0.15, -0.1) is 0 Å². The fraction of sp³-hybridized carbons (Fsp3) is 0.321. The molecular formula is C28H26Cl2F4N2O. The quantitative estimate of drug-likeness (QED) is 0.213. The number of amides is 1. The number of benzene rings is 3. The number of halogens is 6. The second-order valence-corrected chi connectivity index (χ2v) is 9.94. The van der Waals surface area contributed by atoms with Gasteiger partial charge in [0.25, 0.3) is 5.91 Å². The van der Waals surface area contributed by atoms with Crippen molar-refractivity contribution in [2.75, 3.05) is 18.4 Å². The van der Waals surface area contributed by atoms with E-state index in [4.69, 9.17) is 23.2 Å². The fourth-order valence-electron chi connectivity index (χ4n) is 4.26. The van der Waals surface area contributed by atoms with Crippen LogP contribution in [-0.2, 0) is 19.1 Å². The van der Waals surface area contributed by atoms with Gasteiger partial charge < -0.3 is 10.2 Å². The summed E-state index contributed by atoms with van der Waals surface area (Å²) in [6.45, 7) is 2.36. The van der Waals surface area contributed by atoms with Crippen molar-refractivity contribution in [2.45, 2.75) is 44.8 Å². The Labute approximate surface area is 223 Å². The van der Waals surface area contributed by atoms with Gasteiger partial charge in [-0.3, -0.25) is 4.79 Å². The molecule has 0 atom stereocenters. The van der Waals surface area contributed by atoms with E-state index in [1.54, 1.807) is 13.0 Å². The summed E-state index contributed by atoms with van der Waals surface area (Å²) in [5.74, 6) is -0.991. The second kappa shape index (κ2) is 11.3. The maximum absolute atomic E-state index is 15.2. The minimum absolute atomic E-state index is 0.0552. The van der Waals surface area contributed by atoms with Crippen molar-refractivity contribution >= 4 is 34.8 Å². The van der Waals surface area contributed by atoms with Crippen molar-refractivity contribution in [3.8, 4) is 0 Å². The van der Waals surface area contributed by atoms with Crippen molar-refractivity contribution in [1.82, 2.24) is 4.90 Å². The van der Waals surface area contributed by atoms with E-state index in [2.05, 4.69) is 5.32 Å². The van der Waals surface area contributed by atoms with Crippen LogP contribution in [0.5, 0.6) is 0 Å². The lowest BCUT2D eigenvalue weighted by Crippen LogP contribution is -2.34. The Hall–Kier alpha value is -2.77. The van der Waals surface area contributed by atoms with Gasteiger partial charge in [0.2, 0.25) is 0 Å². The van der Waals surface area contributed by atoms with Crippen LogP contribution in [0.4, 0.5) is 23.2 Å². The molecule has 1 fully saturated rings. The molecule has 1 aliphatic carbocycles. The van der Waals surface area contributed by atoms with Crippen LogP contribution in [-0.4, -0.2) is 23.9 Å². The molecule has 0 bridgehead atoms. The molecule has 0 radical (unpaired) electrons. The van der Waals surface area contributed by atoms with Crippen molar-refractivity contribution < 1.29 is 22.4 Å². The molecule has 0 aromatic heterocycles. The highest BCUT2D eigenvalue weighted by Gasteiger charge is 2.31. The van der Waals surface area contributed by atoms with E-state index in [0.717, 1.165) is 30.5 Å². The number of hydrogen-bond acceptors (Lipinski definition) is 2. The molecular weight excluding hydrogens is 527 g/mol. The largest absolute Gasteiger partial charge is 0.416 e. The second-order valence-electron chi connectivity index (χ2n) is 9.13. The normalized spacial score (nSPS) is 13.5. The zero-order valence-electron chi connectivity index (χ0n) is 20.1. The van der Waals surface area contributed by atoms with Gasteiger partial charge in [0, 0.05) is 19.6 Å². The first-order chi connectivity index (χ1) is 17.6. The summed E-state index contributed by atoms with van der Waals surface area (Å²) >= 11 is 12.3. The van der Waals surface area contributed by atoms with Crippen LogP contribution < -0.4 is 5.32 Å². The van der Waals surface area contributed by atoms with E-state index in [1.165, 1.54) is 22.6 Å². The number of nitrogens with zero attached hydrogens (tertiary/aromatic N) is 1. The van der Waals surface area contributed by atoms with E-state index in [0.29, 0.717) is 18.0 Å². The molecule has 1 N–H and O–H groups in total. The number of hydrogen-bond donors (Lipinski definition) is 1. The van der Waals surface area contributed by atoms with Crippen LogP contribution in [0, 0.1) is 5.82 Å². The molecule has 1 saturated carbocycles. The number of carbonyl (C=O) groups excluding carboxylic acids is 1. The minimum Gasteiger partial charge on any atom is -0.383 e. The van der Waals surface area contributed by atoms with Crippen LogP contribution in [0.1, 0.15) is 58.3 Å². The first-order valence-electron chi connectivity index (χ1n) is 12.0. The Bertz CT molecular complexity index is 1270. The molecule has 3 nitrogen and oxygen atoms in total. The molecule has 37 heavy (non-hydrogen) atoms. The first-order valence-corrected chi connectivity index (χ1v) is 12.8. The highest BCUT2D eigenvalue weighted by molar-refractivity contribution is 6.37. The lowest BCUT2D eigenvalue weighted by atomic mass is 10.0. The summed E-state index contributed by atoms with van der Waals surface area (Å²) in [6, 6.07) is 14.1. The molecule has 3 aromatic carbocycles. The van der Waals surface area contributed by atoms with Crippen molar-refractivity contribution in [2.24, 2.45) is 0 Å². The Morgan fingerprint density at radius 1 is 1.03 bits per heavy atom. The average Bonchev–Trinajstić information content (AvgIpc) is 3.71. The fourth-order valence-corrected chi connectivity index (χ4v) is 4.79. The number of carbonyl (C=O) groups is 1. The monoisotopic (exact) mass is 552 g/mol. The van der Waals surface area contributed by atoms with Crippen LogP contribution >= 0.6 is 23.2 Å². The summed E-state index contributed by atoms with van der Waals surface area (Å²) in [7, 11) is 0. The maximum atomic E-state index is 15.2. The van der Waals surface area contributed by atoms with E-state index >= 15 is 4.39 Å². The minimum atomic E-state index is -4.48. The lowest BCUT2D eigenvalue weighted by Gasteiger charge is -2.25. The molecule has 1 amide bonds. The summed E-state index contributed by atoms with van der Waals surface area (Å²) in [6.07, 6.45) is -2.02.